The molecule has 0 fully saturated rings. The third-order valence-corrected chi connectivity index (χ3v) is 5.81. The summed E-state index contributed by atoms with van der Waals surface area (Å²) in [4.78, 5) is 12.1. The number of hydrogen-bond donors (Lipinski definition) is 0. The fourth-order valence-electron chi connectivity index (χ4n) is 3.95. The van der Waals surface area contributed by atoms with E-state index in [1.165, 1.54) is 11.1 Å². The van der Waals surface area contributed by atoms with E-state index in [4.69, 9.17) is 8.83 Å². The van der Waals surface area contributed by atoms with Gasteiger partial charge in [-0.05, 0) is 49.1 Å². The molecule has 0 saturated carbocycles. The molecule has 0 atom stereocenters. The van der Waals surface area contributed by atoms with Gasteiger partial charge in [0.25, 0.3) is 0 Å². The SMILES string of the molecule is Cc1c(C)c2cc3c(-c4ccc(-c5ccccc5)cc4)coc3c(C)c2oc1=O. The summed E-state index contributed by atoms with van der Waals surface area (Å²) in [6, 6.07) is 20.9. The third-order valence-electron chi connectivity index (χ3n) is 5.81. The van der Waals surface area contributed by atoms with E-state index in [-0.39, 0.29) is 5.63 Å². The number of benzene rings is 3. The minimum absolute atomic E-state index is 0.291. The highest BCUT2D eigenvalue weighted by atomic mass is 16.4. The van der Waals surface area contributed by atoms with Crippen molar-refractivity contribution < 1.29 is 8.83 Å². The molecular formula is C26H20O3. The van der Waals surface area contributed by atoms with E-state index < -0.39 is 0 Å². The Balaban J connectivity index is 1.70. The fraction of sp³-hybridized carbons (Fsp3) is 0.115. The van der Waals surface area contributed by atoms with Crippen LogP contribution >= 0.6 is 0 Å². The first kappa shape index (κ1) is 17.5. The van der Waals surface area contributed by atoms with Crippen molar-refractivity contribution in [2.24, 2.45) is 0 Å². The highest BCUT2D eigenvalue weighted by molar-refractivity contribution is 6.05. The van der Waals surface area contributed by atoms with E-state index in [1.54, 1.807) is 13.2 Å². The quantitative estimate of drug-likeness (QED) is 0.316. The summed E-state index contributed by atoms with van der Waals surface area (Å²) in [7, 11) is 0. The molecule has 29 heavy (non-hydrogen) atoms. The molecule has 0 amide bonds. The topological polar surface area (TPSA) is 43.4 Å². The van der Waals surface area contributed by atoms with Gasteiger partial charge in [-0.2, -0.15) is 0 Å². The van der Waals surface area contributed by atoms with Gasteiger partial charge in [0.15, 0.2) is 0 Å². The van der Waals surface area contributed by atoms with Crippen molar-refractivity contribution in [1.82, 2.24) is 0 Å². The van der Waals surface area contributed by atoms with Crippen molar-refractivity contribution in [2.45, 2.75) is 20.8 Å². The van der Waals surface area contributed by atoms with Gasteiger partial charge in [-0.15, -0.1) is 0 Å². The number of furan rings is 1. The maximum atomic E-state index is 12.1. The van der Waals surface area contributed by atoms with Gasteiger partial charge >= 0.3 is 5.63 Å². The van der Waals surface area contributed by atoms with E-state index in [0.29, 0.717) is 11.1 Å². The first-order chi connectivity index (χ1) is 14.0. The van der Waals surface area contributed by atoms with Crippen LogP contribution in [0.5, 0.6) is 0 Å². The van der Waals surface area contributed by atoms with Gasteiger partial charge in [0.05, 0.1) is 6.26 Å². The Morgan fingerprint density at radius 1 is 0.655 bits per heavy atom. The van der Waals surface area contributed by atoms with Crippen molar-refractivity contribution in [1.29, 1.82) is 0 Å². The Morgan fingerprint density at radius 2 is 1.31 bits per heavy atom. The van der Waals surface area contributed by atoms with Crippen molar-refractivity contribution in [3.63, 3.8) is 0 Å². The molecule has 5 rings (SSSR count). The monoisotopic (exact) mass is 380 g/mol. The molecule has 2 heterocycles. The van der Waals surface area contributed by atoms with Crippen LogP contribution in [0.3, 0.4) is 0 Å². The summed E-state index contributed by atoms with van der Waals surface area (Å²) < 4.78 is 11.5. The van der Waals surface area contributed by atoms with Gasteiger partial charge in [0, 0.05) is 27.5 Å². The molecule has 2 aromatic heterocycles. The molecule has 3 nitrogen and oxygen atoms in total. The zero-order valence-corrected chi connectivity index (χ0v) is 16.6. The lowest BCUT2D eigenvalue weighted by Gasteiger charge is -2.08. The molecule has 0 aliphatic carbocycles. The molecular weight excluding hydrogens is 360 g/mol. The molecule has 0 saturated heterocycles. The zero-order chi connectivity index (χ0) is 20.1. The molecule has 0 radical (unpaired) electrons. The molecule has 3 aromatic carbocycles. The Hall–Kier alpha value is -3.59. The first-order valence-electron chi connectivity index (χ1n) is 9.65. The second-order valence-corrected chi connectivity index (χ2v) is 7.49. The second-order valence-electron chi connectivity index (χ2n) is 7.49. The molecule has 0 spiro atoms. The van der Waals surface area contributed by atoms with Gasteiger partial charge in [-0.25, -0.2) is 4.79 Å². The Bertz CT molecular complexity index is 1420. The van der Waals surface area contributed by atoms with Crippen LogP contribution in [0.25, 0.3) is 44.2 Å². The summed E-state index contributed by atoms with van der Waals surface area (Å²) >= 11 is 0. The number of aryl methyl sites for hydroxylation is 2. The van der Waals surface area contributed by atoms with Gasteiger partial charge in [0.1, 0.15) is 11.2 Å². The highest BCUT2D eigenvalue weighted by Crippen LogP contribution is 2.37. The fourth-order valence-corrected chi connectivity index (χ4v) is 3.95. The van der Waals surface area contributed by atoms with Gasteiger partial charge in [-0.1, -0.05) is 54.6 Å². The Labute approximate surface area is 168 Å². The molecule has 0 bridgehead atoms. The lowest BCUT2D eigenvalue weighted by Crippen LogP contribution is -2.06. The summed E-state index contributed by atoms with van der Waals surface area (Å²) in [6.45, 7) is 5.71. The van der Waals surface area contributed by atoms with Crippen molar-refractivity contribution in [3.8, 4) is 22.3 Å². The van der Waals surface area contributed by atoms with E-state index in [9.17, 15) is 4.79 Å². The Morgan fingerprint density at radius 3 is 2.03 bits per heavy atom. The van der Waals surface area contributed by atoms with Crippen molar-refractivity contribution >= 4 is 21.9 Å². The standard InChI is InChI=1S/C26H20O3/c1-15-16(2)26(27)29-25-17(3)24-22(13-21(15)25)23(14-28-24)20-11-9-19(10-12-20)18-7-5-4-6-8-18/h4-14H,1-3H3. The number of hydrogen-bond acceptors (Lipinski definition) is 3. The molecule has 3 heteroatoms. The van der Waals surface area contributed by atoms with Crippen LogP contribution in [0.2, 0.25) is 0 Å². The minimum atomic E-state index is -0.291. The second kappa shape index (κ2) is 6.49. The summed E-state index contributed by atoms with van der Waals surface area (Å²) in [6.07, 6.45) is 1.79. The molecule has 0 aliphatic rings. The average molecular weight is 380 g/mol. The molecule has 142 valence electrons. The lowest BCUT2D eigenvalue weighted by molar-refractivity contribution is 0.549. The van der Waals surface area contributed by atoms with Crippen LogP contribution in [-0.2, 0) is 0 Å². The molecule has 5 aromatic rings. The van der Waals surface area contributed by atoms with Crippen LogP contribution in [-0.4, -0.2) is 0 Å². The summed E-state index contributed by atoms with van der Waals surface area (Å²) in [5.74, 6) is 0. The van der Waals surface area contributed by atoms with Gasteiger partial charge < -0.3 is 8.83 Å². The average Bonchev–Trinajstić information content (AvgIpc) is 3.18. The van der Waals surface area contributed by atoms with E-state index in [2.05, 4.69) is 42.5 Å². The van der Waals surface area contributed by atoms with Crippen LogP contribution in [0.1, 0.15) is 16.7 Å². The van der Waals surface area contributed by atoms with Gasteiger partial charge in [0.2, 0.25) is 0 Å². The predicted octanol–water partition coefficient (Wildman–Crippen LogP) is 6.80. The lowest BCUT2D eigenvalue weighted by atomic mass is 9.97. The minimum Gasteiger partial charge on any atom is -0.463 e. The summed E-state index contributed by atoms with van der Waals surface area (Å²) in [5.41, 5.74) is 8.02. The van der Waals surface area contributed by atoms with Crippen molar-refractivity contribution in [3.05, 3.63) is 94.0 Å². The van der Waals surface area contributed by atoms with E-state index in [1.807, 2.05) is 32.0 Å². The zero-order valence-electron chi connectivity index (χ0n) is 16.6. The molecule has 0 aliphatic heterocycles. The largest absolute Gasteiger partial charge is 0.463 e. The van der Waals surface area contributed by atoms with Crippen molar-refractivity contribution in [2.75, 3.05) is 0 Å². The highest BCUT2D eigenvalue weighted by Gasteiger charge is 2.17. The smallest absolute Gasteiger partial charge is 0.339 e. The third kappa shape index (κ3) is 2.70. The summed E-state index contributed by atoms with van der Waals surface area (Å²) in [5, 5.41) is 1.98. The van der Waals surface area contributed by atoms with Crippen LogP contribution < -0.4 is 5.63 Å². The first-order valence-corrected chi connectivity index (χ1v) is 9.65. The predicted molar refractivity (Wildman–Crippen MR) is 117 cm³/mol. The van der Waals surface area contributed by atoms with Gasteiger partial charge in [-0.3, -0.25) is 0 Å². The number of rotatable bonds is 2. The van der Waals surface area contributed by atoms with E-state index in [0.717, 1.165) is 38.6 Å². The van der Waals surface area contributed by atoms with Crippen LogP contribution in [0.4, 0.5) is 0 Å². The van der Waals surface area contributed by atoms with E-state index >= 15 is 0 Å². The number of fused-ring (bicyclic) bond motifs is 2. The molecule has 0 unspecified atom stereocenters. The maximum Gasteiger partial charge on any atom is 0.339 e. The Kier molecular flexibility index (Phi) is 3.92. The van der Waals surface area contributed by atoms with Crippen LogP contribution in [0, 0.1) is 20.8 Å². The van der Waals surface area contributed by atoms with Crippen LogP contribution in [0.15, 0.2) is 80.6 Å². The normalized spacial score (nSPS) is 11.4. The molecule has 0 N–H and O–H groups in total. The maximum absolute atomic E-state index is 12.1.